The summed E-state index contributed by atoms with van der Waals surface area (Å²) in [6.07, 6.45) is 2.37. The average Bonchev–Trinajstić information content (AvgIpc) is 2.94. The number of aliphatic imine (C=N–C) groups is 1. The van der Waals surface area contributed by atoms with E-state index in [9.17, 15) is 8.42 Å². The molecule has 0 radical (unpaired) electrons. The monoisotopic (exact) mass is 332 g/mol. The van der Waals surface area contributed by atoms with E-state index in [1.54, 1.807) is 6.26 Å². The Labute approximate surface area is 131 Å². The van der Waals surface area contributed by atoms with Gasteiger partial charge in [0.15, 0.2) is 5.96 Å². The van der Waals surface area contributed by atoms with Crippen LogP contribution in [0.1, 0.15) is 19.1 Å². The number of hydrogen-bond acceptors (Lipinski definition) is 5. The lowest BCUT2D eigenvalue weighted by Crippen LogP contribution is -2.40. The van der Waals surface area contributed by atoms with Gasteiger partial charge in [-0.15, -0.1) is 0 Å². The second kappa shape index (κ2) is 10.2. The lowest BCUT2D eigenvalue weighted by atomic mass is 10.4. The van der Waals surface area contributed by atoms with Gasteiger partial charge in [0.05, 0.1) is 12.0 Å². The molecule has 9 heteroatoms. The van der Waals surface area contributed by atoms with E-state index in [4.69, 9.17) is 14.3 Å². The number of nitrogens with zero attached hydrogens (tertiary/aromatic N) is 1. The zero-order valence-corrected chi connectivity index (χ0v) is 13.6. The zero-order chi connectivity index (χ0) is 16.3. The third-order valence-corrected chi connectivity index (χ3v) is 3.34. The summed E-state index contributed by atoms with van der Waals surface area (Å²) in [5.41, 5.74) is 0. The minimum atomic E-state index is -3.46. The molecule has 0 aromatic carbocycles. The number of furan rings is 1. The summed E-state index contributed by atoms with van der Waals surface area (Å²) in [5.74, 6) is 1.22. The van der Waals surface area contributed by atoms with Gasteiger partial charge in [0, 0.05) is 26.2 Å². The van der Waals surface area contributed by atoms with Gasteiger partial charge in [-0.1, -0.05) is 0 Å². The van der Waals surface area contributed by atoms with Crippen LogP contribution in [-0.2, 0) is 21.4 Å². The maximum Gasteiger partial charge on any atom is 0.210 e. The standard InChI is InChI=1S/C13H24N4O4S/c1-2-15-13(17-7-10-22(14,18)19)16-6-4-8-20-11-12-5-3-9-21-12/h3,5,9H,2,4,6-8,10-11H2,1H3,(H2,14,18,19)(H2,15,16,17). The Balaban J connectivity index is 2.18. The number of hydrogen-bond donors (Lipinski definition) is 3. The first kappa shape index (κ1) is 18.5. The summed E-state index contributed by atoms with van der Waals surface area (Å²) in [6.45, 7) is 4.44. The van der Waals surface area contributed by atoms with Gasteiger partial charge in [-0.3, -0.25) is 4.99 Å². The number of nitrogens with one attached hydrogen (secondary N) is 2. The summed E-state index contributed by atoms with van der Waals surface area (Å²) in [7, 11) is -3.46. The van der Waals surface area contributed by atoms with E-state index >= 15 is 0 Å². The first-order valence-electron chi connectivity index (χ1n) is 7.14. The lowest BCUT2D eigenvalue weighted by Gasteiger charge is -2.10. The molecule has 0 bridgehead atoms. The Kier molecular flexibility index (Phi) is 8.56. The van der Waals surface area contributed by atoms with Gasteiger partial charge in [-0.25, -0.2) is 13.6 Å². The lowest BCUT2D eigenvalue weighted by molar-refractivity contribution is 0.105. The van der Waals surface area contributed by atoms with Crippen molar-refractivity contribution in [3.05, 3.63) is 24.2 Å². The van der Waals surface area contributed by atoms with Gasteiger partial charge in [0.25, 0.3) is 0 Å². The molecule has 1 aromatic rings. The van der Waals surface area contributed by atoms with Crippen LogP contribution in [0.25, 0.3) is 0 Å². The van der Waals surface area contributed by atoms with Crippen molar-refractivity contribution in [2.45, 2.75) is 20.0 Å². The first-order valence-corrected chi connectivity index (χ1v) is 8.85. The highest BCUT2D eigenvalue weighted by atomic mass is 32.2. The van der Waals surface area contributed by atoms with Crippen molar-refractivity contribution in [2.24, 2.45) is 10.1 Å². The molecule has 0 aliphatic rings. The van der Waals surface area contributed by atoms with Gasteiger partial charge in [-0.05, 0) is 25.5 Å². The molecule has 0 atom stereocenters. The highest BCUT2D eigenvalue weighted by molar-refractivity contribution is 7.89. The Morgan fingerprint density at radius 2 is 2.27 bits per heavy atom. The molecule has 22 heavy (non-hydrogen) atoms. The average molecular weight is 332 g/mol. The van der Waals surface area contributed by atoms with Crippen LogP contribution in [0.5, 0.6) is 0 Å². The van der Waals surface area contributed by atoms with Gasteiger partial charge >= 0.3 is 0 Å². The third kappa shape index (κ3) is 9.37. The van der Waals surface area contributed by atoms with E-state index < -0.39 is 10.0 Å². The number of rotatable bonds is 10. The maximum atomic E-state index is 10.9. The van der Waals surface area contributed by atoms with Crippen LogP contribution in [0.3, 0.4) is 0 Å². The van der Waals surface area contributed by atoms with Crippen molar-refractivity contribution < 1.29 is 17.6 Å². The highest BCUT2D eigenvalue weighted by Crippen LogP contribution is 2.01. The number of ether oxygens (including phenoxy) is 1. The van der Waals surface area contributed by atoms with Crippen LogP contribution in [-0.4, -0.2) is 46.4 Å². The van der Waals surface area contributed by atoms with E-state index in [2.05, 4.69) is 15.6 Å². The van der Waals surface area contributed by atoms with Crippen LogP contribution >= 0.6 is 0 Å². The number of primary sulfonamides is 1. The zero-order valence-electron chi connectivity index (χ0n) is 12.7. The Morgan fingerprint density at radius 1 is 1.45 bits per heavy atom. The molecule has 0 aliphatic carbocycles. The van der Waals surface area contributed by atoms with Crippen molar-refractivity contribution in [3.8, 4) is 0 Å². The molecule has 0 spiro atoms. The van der Waals surface area contributed by atoms with Crippen LogP contribution in [0.15, 0.2) is 27.8 Å². The van der Waals surface area contributed by atoms with Gasteiger partial charge in [-0.2, -0.15) is 0 Å². The Hall–Kier alpha value is -1.58. The van der Waals surface area contributed by atoms with E-state index in [1.807, 2.05) is 19.1 Å². The molecule has 0 amide bonds. The molecule has 0 aliphatic heterocycles. The summed E-state index contributed by atoms with van der Waals surface area (Å²) in [5, 5.41) is 10.9. The smallest absolute Gasteiger partial charge is 0.210 e. The summed E-state index contributed by atoms with van der Waals surface area (Å²) in [4.78, 5) is 4.32. The number of nitrogens with two attached hydrogens (primary N) is 1. The van der Waals surface area contributed by atoms with Crippen molar-refractivity contribution in [1.82, 2.24) is 10.6 Å². The molecule has 0 fully saturated rings. The Bertz CT molecular complexity index is 528. The highest BCUT2D eigenvalue weighted by Gasteiger charge is 2.03. The minimum absolute atomic E-state index is 0.135. The third-order valence-electron chi connectivity index (χ3n) is 2.56. The first-order chi connectivity index (χ1) is 10.5. The van der Waals surface area contributed by atoms with Gasteiger partial charge < -0.3 is 19.8 Å². The predicted octanol–water partition coefficient (Wildman–Crippen LogP) is 0.0299. The molecular weight excluding hydrogens is 308 g/mol. The van der Waals surface area contributed by atoms with Crippen molar-refractivity contribution in [2.75, 3.05) is 32.0 Å². The second-order valence-electron chi connectivity index (χ2n) is 4.54. The van der Waals surface area contributed by atoms with E-state index in [-0.39, 0.29) is 12.3 Å². The molecule has 0 saturated carbocycles. The van der Waals surface area contributed by atoms with Gasteiger partial charge in [0.2, 0.25) is 10.0 Å². The fourth-order valence-corrected chi connectivity index (χ4v) is 1.96. The van der Waals surface area contributed by atoms with Crippen molar-refractivity contribution >= 4 is 16.0 Å². The second-order valence-corrected chi connectivity index (χ2v) is 6.27. The SMILES string of the molecule is CCNC(=NCCCOCc1ccco1)NCCS(N)(=O)=O. The van der Waals surface area contributed by atoms with Crippen molar-refractivity contribution in [3.63, 3.8) is 0 Å². The molecule has 1 rings (SSSR count). The summed E-state index contributed by atoms with van der Waals surface area (Å²) >= 11 is 0. The number of guanidine groups is 1. The van der Waals surface area contributed by atoms with Crippen LogP contribution in [0.4, 0.5) is 0 Å². The molecular formula is C13H24N4O4S. The minimum Gasteiger partial charge on any atom is -0.467 e. The molecule has 4 N–H and O–H groups in total. The summed E-state index contributed by atoms with van der Waals surface area (Å²) in [6, 6.07) is 3.68. The van der Waals surface area contributed by atoms with Crippen LogP contribution in [0, 0.1) is 0 Å². The van der Waals surface area contributed by atoms with Crippen molar-refractivity contribution in [1.29, 1.82) is 0 Å². The fraction of sp³-hybridized carbons (Fsp3) is 0.615. The van der Waals surface area contributed by atoms with E-state index in [0.29, 0.717) is 32.3 Å². The van der Waals surface area contributed by atoms with Gasteiger partial charge in [0.1, 0.15) is 12.4 Å². The Morgan fingerprint density at radius 3 is 2.91 bits per heavy atom. The van der Waals surface area contributed by atoms with E-state index in [0.717, 1.165) is 12.2 Å². The normalized spacial score (nSPS) is 12.4. The van der Waals surface area contributed by atoms with E-state index in [1.165, 1.54) is 0 Å². The molecule has 0 saturated heterocycles. The molecule has 8 nitrogen and oxygen atoms in total. The molecule has 126 valence electrons. The van der Waals surface area contributed by atoms with Crippen LogP contribution < -0.4 is 15.8 Å². The molecule has 0 unspecified atom stereocenters. The molecule has 1 heterocycles. The topological polar surface area (TPSA) is 119 Å². The molecule has 1 aromatic heterocycles. The maximum absolute atomic E-state index is 10.9. The quantitative estimate of drug-likeness (QED) is 0.316. The largest absolute Gasteiger partial charge is 0.467 e. The summed E-state index contributed by atoms with van der Waals surface area (Å²) < 4.78 is 32.3. The fourth-order valence-electron chi connectivity index (χ4n) is 1.58. The number of sulfonamides is 1. The predicted molar refractivity (Wildman–Crippen MR) is 84.9 cm³/mol. The van der Waals surface area contributed by atoms with Crippen LogP contribution in [0.2, 0.25) is 0 Å².